The van der Waals surface area contributed by atoms with Crippen molar-refractivity contribution in [1.82, 2.24) is 0 Å². The van der Waals surface area contributed by atoms with E-state index in [0.29, 0.717) is 17.2 Å². The molecule has 0 aliphatic carbocycles. The molecule has 0 aromatic heterocycles. The van der Waals surface area contributed by atoms with E-state index in [9.17, 15) is 8.78 Å². The summed E-state index contributed by atoms with van der Waals surface area (Å²) in [5, 5.41) is 3.07. The molecule has 10 heteroatoms. The standard InChI is InChI=1S/C17H17Cl2F2N3O3/c1-25-11-3-4-14(26-2)13(7-11)24-17(22)23-8-9-5-10(18)6-12(19)15(9)27-16(20)21/h3-7,16H,8H2,1-2H3,(H3,22,23,24). The van der Waals surface area contributed by atoms with Crippen LogP contribution in [0.1, 0.15) is 5.56 Å². The van der Waals surface area contributed by atoms with Crippen molar-refractivity contribution < 1.29 is 23.0 Å². The van der Waals surface area contributed by atoms with Crippen molar-refractivity contribution >= 4 is 34.8 Å². The number of nitrogens with one attached hydrogen (secondary N) is 1. The summed E-state index contributed by atoms with van der Waals surface area (Å²) in [5.74, 6) is 0.911. The number of anilines is 1. The molecule has 2 aromatic carbocycles. The molecule has 0 saturated heterocycles. The molecule has 0 heterocycles. The van der Waals surface area contributed by atoms with Crippen LogP contribution in [0.5, 0.6) is 17.2 Å². The molecule has 0 saturated carbocycles. The monoisotopic (exact) mass is 419 g/mol. The SMILES string of the molecule is COc1ccc(OC)c(NC(N)=NCc2cc(Cl)cc(Cl)c2OC(F)F)c1. The van der Waals surface area contributed by atoms with Crippen molar-refractivity contribution in [3.63, 3.8) is 0 Å². The highest BCUT2D eigenvalue weighted by Crippen LogP contribution is 2.34. The molecule has 0 fully saturated rings. The Labute approximate surface area is 164 Å². The van der Waals surface area contributed by atoms with Gasteiger partial charge in [-0.05, 0) is 24.3 Å². The first-order chi connectivity index (χ1) is 12.8. The number of guanidine groups is 1. The number of hydrogen-bond donors (Lipinski definition) is 2. The van der Waals surface area contributed by atoms with Crippen molar-refractivity contribution in [3.8, 4) is 17.2 Å². The van der Waals surface area contributed by atoms with E-state index in [0.717, 1.165) is 0 Å². The van der Waals surface area contributed by atoms with Gasteiger partial charge < -0.3 is 25.3 Å². The summed E-state index contributed by atoms with van der Waals surface area (Å²) in [7, 11) is 3.03. The lowest BCUT2D eigenvalue weighted by Gasteiger charge is -2.13. The van der Waals surface area contributed by atoms with Crippen LogP contribution in [0.3, 0.4) is 0 Å². The third kappa shape index (κ3) is 5.77. The van der Waals surface area contributed by atoms with Crippen molar-refractivity contribution in [2.75, 3.05) is 19.5 Å². The van der Waals surface area contributed by atoms with Crippen molar-refractivity contribution in [2.24, 2.45) is 10.7 Å². The zero-order valence-electron chi connectivity index (χ0n) is 14.4. The Kier molecular flexibility index (Phi) is 7.32. The Morgan fingerprint density at radius 1 is 1.19 bits per heavy atom. The minimum Gasteiger partial charge on any atom is -0.497 e. The van der Waals surface area contributed by atoms with Gasteiger partial charge in [0, 0.05) is 16.7 Å². The van der Waals surface area contributed by atoms with Crippen molar-refractivity contribution in [1.29, 1.82) is 0 Å². The number of nitrogens with zero attached hydrogens (tertiary/aromatic N) is 1. The average molecular weight is 420 g/mol. The fourth-order valence-electron chi connectivity index (χ4n) is 2.21. The molecule has 0 bridgehead atoms. The van der Waals surface area contributed by atoms with Crippen LogP contribution in [0.2, 0.25) is 10.0 Å². The molecule has 3 N–H and O–H groups in total. The van der Waals surface area contributed by atoms with Crippen LogP contribution in [-0.2, 0) is 6.54 Å². The molecule has 0 atom stereocenters. The topological polar surface area (TPSA) is 78.1 Å². The van der Waals surface area contributed by atoms with Gasteiger partial charge in [0.2, 0.25) is 0 Å². The number of aliphatic imine (C=N–C) groups is 1. The Balaban J connectivity index is 2.23. The highest BCUT2D eigenvalue weighted by Gasteiger charge is 2.15. The maximum absolute atomic E-state index is 12.6. The molecule has 27 heavy (non-hydrogen) atoms. The number of rotatable bonds is 7. The lowest BCUT2D eigenvalue weighted by molar-refractivity contribution is -0.0503. The number of nitrogens with two attached hydrogens (primary N) is 1. The first kappa shape index (κ1) is 20.9. The Bertz CT molecular complexity index is 835. The molecule has 0 spiro atoms. The van der Waals surface area contributed by atoms with Gasteiger partial charge in [-0.25, -0.2) is 4.99 Å². The summed E-state index contributed by atoms with van der Waals surface area (Å²) in [6.45, 7) is -3.13. The molecule has 6 nitrogen and oxygen atoms in total. The molecule has 146 valence electrons. The average Bonchev–Trinajstić information content (AvgIpc) is 2.62. The van der Waals surface area contributed by atoms with E-state index in [2.05, 4.69) is 15.0 Å². The van der Waals surface area contributed by atoms with Crippen LogP contribution in [0.25, 0.3) is 0 Å². The number of benzene rings is 2. The molecule has 0 amide bonds. The minimum atomic E-state index is -3.04. The summed E-state index contributed by atoms with van der Waals surface area (Å²) in [5.41, 5.74) is 6.66. The number of halogens is 4. The van der Waals surface area contributed by atoms with Gasteiger partial charge in [-0.2, -0.15) is 8.78 Å². The van der Waals surface area contributed by atoms with Crippen LogP contribution in [0, 0.1) is 0 Å². The second-order valence-electron chi connectivity index (χ2n) is 5.15. The molecule has 0 aliphatic rings. The van der Waals surface area contributed by atoms with Crippen molar-refractivity contribution in [2.45, 2.75) is 13.2 Å². The van der Waals surface area contributed by atoms with Crippen molar-refractivity contribution in [3.05, 3.63) is 45.9 Å². The van der Waals surface area contributed by atoms with Crippen LogP contribution < -0.4 is 25.3 Å². The zero-order chi connectivity index (χ0) is 20.0. The summed E-state index contributed by atoms with van der Waals surface area (Å²) >= 11 is 11.9. The highest BCUT2D eigenvalue weighted by molar-refractivity contribution is 6.35. The van der Waals surface area contributed by atoms with Gasteiger partial charge >= 0.3 is 6.61 Å². The molecule has 0 aliphatic heterocycles. The normalized spacial score (nSPS) is 11.4. The van der Waals surface area contributed by atoms with E-state index < -0.39 is 6.61 Å². The zero-order valence-corrected chi connectivity index (χ0v) is 15.9. The van der Waals surface area contributed by atoms with Crippen LogP contribution in [-0.4, -0.2) is 26.8 Å². The fourth-order valence-corrected chi connectivity index (χ4v) is 2.79. The Morgan fingerprint density at radius 2 is 1.93 bits per heavy atom. The molecule has 0 radical (unpaired) electrons. The van der Waals surface area contributed by atoms with Gasteiger partial charge in [0.25, 0.3) is 0 Å². The summed E-state index contributed by atoms with van der Waals surface area (Å²) < 4.78 is 40.1. The summed E-state index contributed by atoms with van der Waals surface area (Å²) in [4.78, 5) is 4.12. The maximum atomic E-state index is 12.6. The van der Waals surface area contributed by atoms with E-state index in [1.54, 1.807) is 18.2 Å². The number of methoxy groups -OCH3 is 2. The second-order valence-corrected chi connectivity index (χ2v) is 5.99. The first-order valence-corrected chi connectivity index (χ1v) is 8.31. The van der Waals surface area contributed by atoms with Crippen LogP contribution in [0.4, 0.5) is 14.5 Å². The first-order valence-electron chi connectivity index (χ1n) is 7.55. The predicted molar refractivity (Wildman–Crippen MR) is 102 cm³/mol. The summed E-state index contributed by atoms with van der Waals surface area (Å²) in [6.07, 6.45) is 0. The van der Waals surface area contributed by atoms with E-state index in [4.69, 9.17) is 38.4 Å². The number of ether oxygens (including phenoxy) is 3. The third-order valence-corrected chi connectivity index (χ3v) is 3.88. The van der Waals surface area contributed by atoms with Gasteiger partial charge in [-0.3, -0.25) is 0 Å². The van der Waals surface area contributed by atoms with Crippen LogP contribution >= 0.6 is 23.2 Å². The number of alkyl halides is 2. The van der Waals surface area contributed by atoms with E-state index in [1.807, 2.05) is 0 Å². The second kappa shape index (κ2) is 9.48. The predicted octanol–water partition coefficient (Wildman–Crippen LogP) is 4.54. The molecule has 2 rings (SSSR count). The maximum Gasteiger partial charge on any atom is 0.387 e. The third-order valence-electron chi connectivity index (χ3n) is 3.38. The Hall–Kier alpha value is -2.45. The molecular weight excluding hydrogens is 403 g/mol. The lowest BCUT2D eigenvalue weighted by Crippen LogP contribution is -2.23. The molecule has 2 aromatic rings. The van der Waals surface area contributed by atoms with Gasteiger partial charge in [0.15, 0.2) is 5.96 Å². The van der Waals surface area contributed by atoms with Gasteiger partial charge in [-0.15, -0.1) is 0 Å². The smallest absolute Gasteiger partial charge is 0.387 e. The highest BCUT2D eigenvalue weighted by atomic mass is 35.5. The molecular formula is C17H17Cl2F2N3O3. The number of hydrogen-bond acceptors (Lipinski definition) is 4. The van der Waals surface area contributed by atoms with Crippen LogP contribution in [0.15, 0.2) is 35.3 Å². The quantitative estimate of drug-likeness (QED) is 0.508. The van der Waals surface area contributed by atoms with E-state index in [-0.39, 0.29) is 33.9 Å². The van der Waals surface area contributed by atoms with Gasteiger partial charge in [0.05, 0.1) is 31.5 Å². The Morgan fingerprint density at radius 3 is 2.56 bits per heavy atom. The summed E-state index contributed by atoms with van der Waals surface area (Å²) in [6, 6.07) is 7.81. The molecule has 0 unspecified atom stereocenters. The van der Waals surface area contributed by atoms with Gasteiger partial charge in [-0.1, -0.05) is 23.2 Å². The minimum absolute atomic E-state index is 0.0145. The largest absolute Gasteiger partial charge is 0.497 e. The van der Waals surface area contributed by atoms with E-state index >= 15 is 0 Å². The van der Waals surface area contributed by atoms with Gasteiger partial charge in [0.1, 0.15) is 17.2 Å². The fraction of sp³-hybridized carbons (Fsp3) is 0.235. The van der Waals surface area contributed by atoms with E-state index in [1.165, 1.54) is 26.4 Å². The lowest BCUT2D eigenvalue weighted by atomic mass is 10.2.